The second kappa shape index (κ2) is 17.0. The molecule has 13 heteroatoms. The summed E-state index contributed by atoms with van der Waals surface area (Å²) in [5, 5.41) is 13.0. The number of rotatable bonds is 8. The van der Waals surface area contributed by atoms with Crippen LogP contribution in [0.4, 0.5) is 20.6 Å². The number of nitrogens with zero attached hydrogens (tertiary/aromatic N) is 2. The van der Waals surface area contributed by atoms with E-state index in [0.29, 0.717) is 24.5 Å². The standard InChI is InChI=1S/C36H47FN4O7S/c1-24-9-16-31(17-10-24)49(45,46)39-30-15-18-33-32(20-30)35(43)41(26(3)23-42)21-25(2)34(47-19-7-6-8-27(4)48-33)22-40(5)36(44)38-29-13-11-28(37)12-14-29/h9-18,20,25-27,34,39,42H,6-8,19,21-23H2,1-5H3,(H,38,44)/t25-,26-,27+,34+/m0/s1. The zero-order valence-corrected chi connectivity index (χ0v) is 29.5. The first kappa shape index (κ1) is 37.6. The summed E-state index contributed by atoms with van der Waals surface area (Å²) in [5.41, 5.74) is 1.70. The molecule has 11 nitrogen and oxygen atoms in total. The number of fused-ring (bicyclic) bond motifs is 1. The van der Waals surface area contributed by atoms with E-state index in [1.54, 1.807) is 38.2 Å². The summed E-state index contributed by atoms with van der Waals surface area (Å²) < 4.78 is 54.9. The molecule has 0 radical (unpaired) electrons. The van der Waals surface area contributed by atoms with Gasteiger partial charge in [-0.15, -0.1) is 0 Å². The third kappa shape index (κ3) is 10.4. The van der Waals surface area contributed by atoms with Gasteiger partial charge in [-0.2, -0.15) is 0 Å². The summed E-state index contributed by atoms with van der Waals surface area (Å²) in [6.07, 6.45) is 1.47. The molecular weight excluding hydrogens is 651 g/mol. The number of likely N-dealkylation sites (N-methyl/N-ethyl adjacent to an activating group) is 1. The van der Waals surface area contributed by atoms with Crippen molar-refractivity contribution in [3.8, 4) is 5.75 Å². The molecule has 0 aliphatic carbocycles. The Balaban J connectivity index is 1.62. The molecule has 1 aliphatic rings. The van der Waals surface area contributed by atoms with Gasteiger partial charge in [-0.3, -0.25) is 9.52 Å². The van der Waals surface area contributed by atoms with Gasteiger partial charge >= 0.3 is 6.03 Å². The fourth-order valence-electron chi connectivity index (χ4n) is 5.49. The first-order chi connectivity index (χ1) is 23.3. The van der Waals surface area contributed by atoms with E-state index >= 15 is 0 Å². The van der Waals surface area contributed by atoms with Gasteiger partial charge in [0.25, 0.3) is 15.9 Å². The van der Waals surface area contributed by atoms with E-state index < -0.39 is 39.9 Å². The number of aliphatic hydroxyl groups excluding tert-OH is 1. The number of nitrogens with one attached hydrogen (secondary N) is 2. The Hall–Kier alpha value is -4.20. The predicted octanol–water partition coefficient (Wildman–Crippen LogP) is 5.89. The lowest BCUT2D eigenvalue weighted by molar-refractivity contribution is -0.0115. The highest BCUT2D eigenvalue weighted by Gasteiger charge is 2.31. The van der Waals surface area contributed by atoms with Crippen molar-refractivity contribution in [2.75, 3.05) is 43.4 Å². The highest BCUT2D eigenvalue weighted by Crippen LogP contribution is 2.29. The largest absolute Gasteiger partial charge is 0.490 e. The zero-order chi connectivity index (χ0) is 35.7. The molecule has 0 aromatic heterocycles. The smallest absolute Gasteiger partial charge is 0.321 e. The van der Waals surface area contributed by atoms with E-state index in [0.717, 1.165) is 18.4 Å². The molecule has 0 saturated heterocycles. The first-order valence-electron chi connectivity index (χ1n) is 16.5. The van der Waals surface area contributed by atoms with Crippen molar-refractivity contribution < 1.29 is 37.0 Å². The van der Waals surface area contributed by atoms with Gasteiger partial charge in [0.2, 0.25) is 0 Å². The topological polar surface area (TPSA) is 138 Å². The second-order valence-electron chi connectivity index (χ2n) is 12.7. The Morgan fingerprint density at radius 2 is 1.73 bits per heavy atom. The lowest BCUT2D eigenvalue weighted by atomic mass is 10.0. The van der Waals surface area contributed by atoms with Gasteiger partial charge in [-0.25, -0.2) is 17.6 Å². The molecule has 49 heavy (non-hydrogen) atoms. The molecule has 3 aromatic rings. The fraction of sp³-hybridized carbons (Fsp3) is 0.444. The molecule has 3 aromatic carbocycles. The summed E-state index contributed by atoms with van der Waals surface area (Å²) >= 11 is 0. The molecule has 0 spiro atoms. The first-order valence-corrected chi connectivity index (χ1v) is 18.0. The van der Waals surface area contributed by atoms with Crippen molar-refractivity contribution in [1.29, 1.82) is 0 Å². The van der Waals surface area contributed by atoms with Crippen LogP contribution in [0.25, 0.3) is 0 Å². The molecule has 0 unspecified atom stereocenters. The van der Waals surface area contributed by atoms with Crippen LogP contribution in [-0.4, -0.2) is 86.9 Å². The number of aryl methyl sites for hydroxylation is 1. The van der Waals surface area contributed by atoms with Crippen molar-refractivity contribution >= 4 is 33.3 Å². The van der Waals surface area contributed by atoms with Crippen LogP contribution in [0, 0.1) is 18.7 Å². The van der Waals surface area contributed by atoms with Gasteiger partial charge < -0.3 is 29.7 Å². The number of anilines is 2. The predicted molar refractivity (Wildman–Crippen MR) is 187 cm³/mol. The molecule has 1 aliphatic heterocycles. The number of benzene rings is 3. The number of hydrogen-bond acceptors (Lipinski definition) is 7. The number of hydrogen-bond donors (Lipinski definition) is 3. The number of carbonyl (C=O) groups is 2. The van der Waals surface area contributed by atoms with Crippen molar-refractivity contribution in [1.82, 2.24) is 9.80 Å². The quantitative estimate of drug-likeness (QED) is 0.267. The molecule has 266 valence electrons. The molecule has 4 atom stereocenters. The van der Waals surface area contributed by atoms with E-state index in [-0.39, 0.29) is 47.9 Å². The number of amides is 3. The summed E-state index contributed by atoms with van der Waals surface area (Å²) in [5.74, 6) is -0.854. The van der Waals surface area contributed by atoms with E-state index in [1.165, 1.54) is 52.3 Å². The van der Waals surface area contributed by atoms with Crippen LogP contribution in [0.3, 0.4) is 0 Å². The molecule has 0 bridgehead atoms. The van der Waals surface area contributed by atoms with Crippen LogP contribution in [0.5, 0.6) is 5.75 Å². The summed E-state index contributed by atoms with van der Waals surface area (Å²) in [6.45, 7) is 7.87. The van der Waals surface area contributed by atoms with E-state index in [9.17, 15) is 27.5 Å². The molecule has 3 N–H and O–H groups in total. The van der Waals surface area contributed by atoms with Crippen LogP contribution in [0.1, 0.15) is 56.0 Å². The molecule has 4 rings (SSSR count). The maximum atomic E-state index is 14.4. The number of ether oxygens (including phenoxy) is 2. The normalized spacial score (nSPS) is 19.9. The van der Waals surface area contributed by atoms with Crippen molar-refractivity contribution in [2.24, 2.45) is 5.92 Å². The van der Waals surface area contributed by atoms with Gasteiger partial charge in [0, 0.05) is 44.0 Å². The van der Waals surface area contributed by atoms with E-state index in [1.807, 2.05) is 20.8 Å². The minimum absolute atomic E-state index is 0.0843. The van der Waals surface area contributed by atoms with Gasteiger partial charge in [-0.05, 0) is 94.6 Å². The van der Waals surface area contributed by atoms with Crippen LogP contribution in [0.2, 0.25) is 0 Å². The molecule has 1 heterocycles. The van der Waals surface area contributed by atoms with Gasteiger partial charge in [0.05, 0.1) is 35.3 Å². The monoisotopic (exact) mass is 698 g/mol. The Labute approximate surface area is 288 Å². The van der Waals surface area contributed by atoms with E-state index in [2.05, 4.69) is 10.0 Å². The van der Waals surface area contributed by atoms with Crippen LogP contribution >= 0.6 is 0 Å². The lowest BCUT2D eigenvalue weighted by Gasteiger charge is -2.35. The van der Waals surface area contributed by atoms with Gasteiger partial charge in [-0.1, -0.05) is 24.6 Å². The minimum Gasteiger partial charge on any atom is -0.490 e. The van der Waals surface area contributed by atoms with Crippen molar-refractivity contribution in [3.05, 3.63) is 83.7 Å². The maximum absolute atomic E-state index is 14.4. The molecule has 0 saturated carbocycles. The third-order valence-electron chi connectivity index (χ3n) is 8.53. The maximum Gasteiger partial charge on any atom is 0.321 e. The average molecular weight is 699 g/mol. The Kier molecular flexibility index (Phi) is 13.0. The molecular formula is C36H47FN4O7S. The highest BCUT2D eigenvalue weighted by molar-refractivity contribution is 7.92. The van der Waals surface area contributed by atoms with Crippen LogP contribution < -0.4 is 14.8 Å². The van der Waals surface area contributed by atoms with E-state index in [4.69, 9.17) is 9.47 Å². The highest BCUT2D eigenvalue weighted by atomic mass is 32.2. The zero-order valence-electron chi connectivity index (χ0n) is 28.7. The van der Waals surface area contributed by atoms with Gasteiger partial charge in [0.1, 0.15) is 11.6 Å². The second-order valence-corrected chi connectivity index (χ2v) is 14.4. The van der Waals surface area contributed by atoms with Crippen LogP contribution in [0.15, 0.2) is 71.6 Å². The Morgan fingerprint density at radius 1 is 1.06 bits per heavy atom. The number of aliphatic hydroxyl groups is 1. The Bertz CT molecular complexity index is 1670. The summed E-state index contributed by atoms with van der Waals surface area (Å²) in [7, 11) is -2.32. The van der Waals surface area contributed by atoms with Crippen molar-refractivity contribution in [2.45, 2.75) is 70.1 Å². The fourth-order valence-corrected chi connectivity index (χ4v) is 6.53. The minimum atomic E-state index is -3.95. The molecule has 0 fully saturated rings. The van der Waals surface area contributed by atoms with Crippen LogP contribution in [-0.2, 0) is 14.8 Å². The number of urea groups is 1. The Morgan fingerprint density at radius 3 is 2.41 bits per heavy atom. The SMILES string of the molecule is Cc1ccc(S(=O)(=O)Nc2ccc3c(c2)C(=O)N([C@@H](C)CO)C[C@H](C)[C@@H](CN(C)C(=O)Nc2ccc(F)cc2)OCCCC[C@@H](C)O3)cc1. The number of halogens is 1. The average Bonchev–Trinajstić information content (AvgIpc) is 3.07. The summed E-state index contributed by atoms with van der Waals surface area (Å²) in [4.78, 5) is 30.5. The number of sulfonamides is 1. The van der Waals surface area contributed by atoms with Gasteiger partial charge in [0.15, 0.2) is 0 Å². The lowest BCUT2D eigenvalue weighted by Crippen LogP contribution is -2.48. The number of carbonyl (C=O) groups excluding carboxylic acids is 2. The molecule has 3 amide bonds. The third-order valence-corrected chi connectivity index (χ3v) is 9.93. The summed E-state index contributed by atoms with van der Waals surface area (Å²) in [6, 6.07) is 15.5. The van der Waals surface area contributed by atoms with Crippen molar-refractivity contribution in [3.63, 3.8) is 0 Å².